The van der Waals surface area contributed by atoms with Gasteiger partial charge in [0.25, 0.3) is 0 Å². The van der Waals surface area contributed by atoms with Gasteiger partial charge in [-0.25, -0.2) is 0 Å². The summed E-state index contributed by atoms with van der Waals surface area (Å²) >= 11 is 0. The molecule has 1 rings (SSSR count). The number of hydrogen-bond acceptors (Lipinski definition) is 3. The number of likely N-dealkylation sites (tertiary alicyclic amines) is 1. The highest BCUT2D eigenvalue weighted by Gasteiger charge is 2.23. The molecule has 1 saturated heterocycles. The lowest BCUT2D eigenvalue weighted by Crippen LogP contribution is -2.33. The molecule has 0 aliphatic carbocycles. The Labute approximate surface area is 71.8 Å². The SMILES string of the molecule is O=C(O)CCN1CCC[C@H]1CO. The molecule has 0 spiro atoms. The van der Waals surface area contributed by atoms with E-state index < -0.39 is 5.97 Å². The minimum Gasteiger partial charge on any atom is -0.481 e. The first-order valence-electron chi connectivity index (χ1n) is 4.30. The van der Waals surface area contributed by atoms with Crippen LogP contribution in [0.4, 0.5) is 0 Å². The molecule has 2 N–H and O–H groups in total. The van der Waals surface area contributed by atoms with Gasteiger partial charge in [0.05, 0.1) is 13.0 Å². The molecule has 0 radical (unpaired) electrons. The molecule has 1 atom stereocenters. The van der Waals surface area contributed by atoms with Crippen LogP contribution >= 0.6 is 0 Å². The Morgan fingerprint density at radius 3 is 2.92 bits per heavy atom. The number of carbonyl (C=O) groups is 1. The van der Waals surface area contributed by atoms with Crippen molar-refractivity contribution < 1.29 is 15.0 Å². The number of hydrogen-bond donors (Lipinski definition) is 2. The smallest absolute Gasteiger partial charge is 0.304 e. The number of rotatable bonds is 4. The molecule has 0 amide bonds. The first-order valence-corrected chi connectivity index (χ1v) is 4.30. The van der Waals surface area contributed by atoms with E-state index in [1.807, 2.05) is 4.90 Å². The monoisotopic (exact) mass is 173 g/mol. The third-order valence-electron chi connectivity index (χ3n) is 2.32. The van der Waals surface area contributed by atoms with Crippen LogP contribution in [0.5, 0.6) is 0 Å². The van der Waals surface area contributed by atoms with Gasteiger partial charge in [-0.3, -0.25) is 9.69 Å². The van der Waals surface area contributed by atoms with Gasteiger partial charge in [-0.15, -0.1) is 0 Å². The Balaban J connectivity index is 2.26. The quantitative estimate of drug-likeness (QED) is 0.624. The zero-order chi connectivity index (χ0) is 8.97. The Hall–Kier alpha value is -0.610. The van der Waals surface area contributed by atoms with E-state index in [1.54, 1.807) is 0 Å². The normalized spacial score (nSPS) is 24.6. The number of aliphatic hydroxyl groups excluding tert-OH is 1. The molecule has 0 unspecified atom stereocenters. The van der Waals surface area contributed by atoms with Gasteiger partial charge in [-0.05, 0) is 19.4 Å². The molecule has 1 fully saturated rings. The summed E-state index contributed by atoms with van der Waals surface area (Å²) in [6.45, 7) is 1.65. The van der Waals surface area contributed by atoms with E-state index in [0.717, 1.165) is 19.4 Å². The third-order valence-corrected chi connectivity index (χ3v) is 2.32. The van der Waals surface area contributed by atoms with Crippen molar-refractivity contribution in [3.8, 4) is 0 Å². The number of aliphatic carboxylic acids is 1. The van der Waals surface area contributed by atoms with E-state index in [0.29, 0.717) is 6.54 Å². The highest BCUT2D eigenvalue weighted by molar-refractivity contribution is 5.66. The van der Waals surface area contributed by atoms with Crippen LogP contribution in [0.3, 0.4) is 0 Å². The summed E-state index contributed by atoms with van der Waals surface area (Å²) in [5.74, 6) is -0.765. The summed E-state index contributed by atoms with van der Waals surface area (Å²) in [6.07, 6.45) is 2.25. The van der Waals surface area contributed by atoms with Crippen LogP contribution in [0.2, 0.25) is 0 Å². The lowest BCUT2D eigenvalue weighted by Gasteiger charge is -2.21. The fourth-order valence-electron chi connectivity index (χ4n) is 1.64. The van der Waals surface area contributed by atoms with Gasteiger partial charge < -0.3 is 10.2 Å². The van der Waals surface area contributed by atoms with Crippen molar-refractivity contribution in [3.63, 3.8) is 0 Å². The average molecular weight is 173 g/mol. The summed E-state index contributed by atoms with van der Waals surface area (Å²) in [5.41, 5.74) is 0. The Bertz CT molecular complexity index is 160. The Kier molecular flexibility index (Phi) is 3.49. The topological polar surface area (TPSA) is 60.8 Å². The second-order valence-electron chi connectivity index (χ2n) is 3.16. The van der Waals surface area contributed by atoms with Crippen LogP contribution in [0.1, 0.15) is 19.3 Å². The molecule has 4 heteroatoms. The fourth-order valence-corrected chi connectivity index (χ4v) is 1.64. The minimum atomic E-state index is -0.765. The molecule has 0 aromatic heterocycles. The maximum atomic E-state index is 10.3. The largest absolute Gasteiger partial charge is 0.481 e. The molecule has 0 aromatic rings. The van der Waals surface area contributed by atoms with Crippen molar-refractivity contribution in [1.82, 2.24) is 4.90 Å². The summed E-state index contributed by atoms with van der Waals surface area (Å²) < 4.78 is 0. The third kappa shape index (κ3) is 2.46. The van der Waals surface area contributed by atoms with Gasteiger partial charge in [-0.1, -0.05) is 0 Å². The highest BCUT2D eigenvalue weighted by atomic mass is 16.4. The molecule has 4 nitrogen and oxygen atoms in total. The number of carboxylic acids is 1. The highest BCUT2D eigenvalue weighted by Crippen LogP contribution is 2.16. The molecule has 0 aromatic carbocycles. The first-order chi connectivity index (χ1) is 5.74. The number of carboxylic acid groups (broad SMARTS) is 1. The molecule has 0 bridgehead atoms. The van der Waals surface area contributed by atoms with Gasteiger partial charge in [0, 0.05) is 12.6 Å². The number of aliphatic hydroxyl groups is 1. The lowest BCUT2D eigenvalue weighted by molar-refractivity contribution is -0.137. The first kappa shape index (κ1) is 9.48. The zero-order valence-corrected chi connectivity index (χ0v) is 7.07. The maximum Gasteiger partial charge on any atom is 0.304 e. The average Bonchev–Trinajstić information content (AvgIpc) is 2.47. The Morgan fingerprint density at radius 1 is 1.58 bits per heavy atom. The lowest BCUT2D eigenvalue weighted by atomic mass is 10.2. The Morgan fingerprint density at radius 2 is 2.33 bits per heavy atom. The molecule has 1 aliphatic heterocycles. The van der Waals surface area contributed by atoms with Crippen LogP contribution in [-0.4, -0.2) is 46.8 Å². The summed E-state index contributed by atoms with van der Waals surface area (Å²) in [6, 6.07) is 0.198. The van der Waals surface area contributed by atoms with Gasteiger partial charge in [0.15, 0.2) is 0 Å². The predicted molar refractivity (Wildman–Crippen MR) is 43.9 cm³/mol. The molecular weight excluding hydrogens is 158 g/mol. The molecule has 70 valence electrons. The van der Waals surface area contributed by atoms with Crippen molar-refractivity contribution in [2.24, 2.45) is 0 Å². The van der Waals surface area contributed by atoms with Crippen LogP contribution in [0.25, 0.3) is 0 Å². The molecule has 1 aliphatic rings. The standard InChI is InChI=1S/C8H15NO3/c10-6-7-2-1-4-9(7)5-3-8(11)12/h7,10H,1-6H2,(H,11,12)/t7-/m0/s1. The second-order valence-corrected chi connectivity index (χ2v) is 3.16. The van der Waals surface area contributed by atoms with Gasteiger partial charge in [-0.2, -0.15) is 0 Å². The summed E-state index contributed by atoms with van der Waals surface area (Å²) in [5, 5.41) is 17.4. The van der Waals surface area contributed by atoms with E-state index in [2.05, 4.69) is 0 Å². The van der Waals surface area contributed by atoms with Crippen LogP contribution in [0.15, 0.2) is 0 Å². The minimum absolute atomic E-state index is 0.152. The van der Waals surface area contributed by atoms with E-state index >= 15 is 0 Å². The van der Waals surface area contributed by atoms with E-state index in [1.165, 1.54) is 0 Å². The van der Waals surface area contributed by atoms with Crippen molar-refractivity contribution in [2.75, 3.05) is 19.7 Å². The van der Waals surface area contributed by atoms with Crippen molar-refractivity contribution in [2.45, 2.75) is 25.3 Å². The van der Waals surface area contributed by atoms with Crippen LogP contribution in [-0.2, 0) is 4.79 Å². The number of nitrogens with zero attached hydrogens (tertiary/aromatic N) is 1. The molecule has 1 heterocycles. The van der Waals surface area contributed by atoms with Crippen LogP contribution < -0.4 is 0 Å². The zero-order valence-electron chi connectivity index (χ0n) is 7.07. The molecule has 12 heavy (non-hydrogen) atoms. The predicted octanol–water partition coefficient (Wildman–Crippen LogP) is -0.0822. The van der Waals surface area contributed by atoms with Gasteiger partial charge in [0.1, 0.15) is 0 Å². The van der Waals surface area contributed by atoms with E-state index in [-0.39, 0.29) is 19.1 Å². The summed E-state index contributed by atoms with van der Waals surface area (Å²) in [7, 11) is 0. The second kappa shape index (κ2) is 4.42. The van der Waals surface area contributed by atoms with Crippen molar-refractivity contribution >= 4 is 5.97 Å². The van der Waals surface area contributed by atoms with Crippen molar-refractivity contribution in [1.29, 1.82) is 0 Å². The molecular formula is C8H15NO3. The molecule has 0 saturated carbocycles. The maximum absolute atomic E-state index is 10.3. The van der Waals surface area contributed by atoms with Crippen molar-refractivity contribution in [3.05, 3.63) is 0 Å². The summed E-state index contributed by atoms with van der Waals surface area (Å²) in [4.78, 5) is 12.3. The van der Waals surface area contributed by atoms with Gasteiger partial charge >= 0.3 is 5.97 Å². The van der Waals surface area contributed by atoms with Crippen LogP contribution in [0, 0.1) is 0 Å². The van der Waals surface area contributed by atoms with Gasteiger partial charge in [0.2, 0.25) is 0 Å². The van der Waals surface area contributed by atoms with E-state index in [9.17, 15) is 4.79 Å². The fraction of sp³-hybridized carbons (Fsp3) is 0.875. The van der Waals surface area contributed by atoms with E-state index in [4.69, 9.17) is 10.2 Å².